The lowest BCUT2D eigenvalue weighted by molar-refractivity contribution is -0.142. The van der Waals surface area contributed by atoms with Crippen molar-refractivity contribution in [2.75, 3.05) is 13.2 Å². The van der Waals surface area contributed by atoms with Crippen molar-refractivity contribution >= 4 is 17.8 Å². The second-order valence-electron chi connectivity index (χ2n) is 7.00. The number of rotatable bonds is 10. The number of amides is 2. The van der Waals surface area contributed by atoms with Crippen molar-refractivity contribution in [3.63, 3.8) is 0 Å². The highest BCUT2D eigenvalue weighted by molar-refractivity contribution is 5.96. The van der Waals surface area contributed by atoms with E-state index in [0.717, 1.165) is 0 Å². The van der Waals surface area contributed by atoms with Gasteiger partial charge in [-0.3, -0.25) is 9.59 Å². The van der Waals surface area contributed by atoms with Crippen molar-refractivity contribution in [1.29, 1.82) is 0 Å². The van der Waals surface area contributed by atoms with Crippen LogP contribution in [0, 0.1) is 11.8 Å². The topological polar surface area (TPSA) is 105 Å². The molecule has 0 radical (unpaired) electrons. The quantitative estimate of drug-likeness (QED) is 0.589. The van der Waals surface area contributed by atoms with Gasteiger partial charge in [0.05, 0.1) is 13.2 Å². The van der Waals surface area contributed by atoms with Gasteiger partial charge in [0.25, 0.3) is 5.91 Å². The number of carboxylic acids is 1. The molecule has 144 valence electrons. The lowest BCUT2D eigenvalue weighted by Crippen LogP contribution is -2.46. The summed E-state index contributed by atoms with van der Waals surface area (Å²) in [5.41, 5.74) is 0.395. The Morgan fingerprint density at radius 2 is 1.65 bits per heavy atom. The molecule has 0 heterocycles. The molecular formula is C19H28N2O5. The van der Waals surface area contributed by atoms with Crippen molar-refractivity contribution in [3.8, 4) is 5.75 Å². The SMILES string of the molecule is CC(C)COc1ccc(C(=O)NCC(=O)N[C@@H](CC(C)C)C(=O)O)cc1. The minimum absolute atomic E-state index is 0.127. The van der Waals surface area contributed by atoms with Crippen LogP contribution in [-0.2, 0) is 9.59 Å². The maximum absolute atomic E-state index is 12.1. The molecule has 2 amide bonds. The lowest BCUT2D eigenvalue weighted by atomic mass is 10.0. The number of ether oxygens (including phenoxy) is 1. The smallest absolute Gasteiger partial charge is 0.326 e. The predicted octanol–water partition coefficient (Wildman–Crippen LogP) is 2.07. The lowest BCUT2D eigenvalue weighted by Gasteiger charge is -2.16. The molecule has 7 heteroatoms. The van der Waals surface area contributed by atoms with Crippen molar-refractivity contribution in [2.24, 2.45) is 11.8 Å². The number of hydrogen-bond acceptors (Lipinski definition) is 4. The molecule has 0 saturated carbocycles. The zero-order valence-corrected chi connectivity index (χ0v) is 15.7. The minimum atomic E-state index is -1.09. The number of hydrogen-bond donors (Lipinski definition) is 3. The normalized spacial score (nSPS) is 11.9. The maximum atomic E-state index is 12.1. The molecule has 0 fully saturated rings. The van der Waals surface area contributed by atoms with Gasteiger partial charge >= 0.3 is 5.97 Å². The van der Waals surface area contributed by atoms with Gasteiger partial charge in [0.1, 0.15) is 11.8 Å². The summed E-state index contributed by atoms with van der Waals surface area (Å²) >= 11 is 0. The fourth-order valence-electron chi connectivity index (χ4n) is 2.17. The largest absolute Gasteiger partial charge is 0.493 e. The molecule has 1 atom stereocenters. The highest BCUT2D eigenvalue weighted by Gasteiger charge is 2.21. The number of carbonyl (C=O) groups is 3. The summed E-state index contributed by atoms with van der Waals surface area (Å²) in [4.78, 5) is 35.1. The van der Waals surface area contributed by atoms with Gasteiger partial charge in [0, 0.05) is 5.56 Å². The summed E-state index contributed by atoms with van der Waals surface area (Å²) < 4.78 is 5.55. The van der Waals surface area contributed by atoms with E-state index in [1.54, 1.807) is 24.3 Å². The number of carbonyl (C=O) groups excluding carboxylic acids is 2. The highest BCUT2D eigenvalue weighted by Crippen LogP contribution is 2.13. The average Bonchev–Trinajstić information content (AvgIpc) is 2.57. The first-order chi connectivity index (χ1) is 12.2. The maximum Gasteiger partial charge on any atom is 0.326 e. The molecule has 0 aliphatic carbocycles. The Morgan fingerprint density at radius 1 is 1.04 bits per heavy atom. The van der Waals surface area contributed by atoms with Gasteiger partial charge in [-0.1, -0.05) is 27.7 Å². The minimum Gasteiger partial charge on any atom is -0.493 e. The molecule has 1 aromatic carbocycles. The second-order valence-corrected chi connectivity index (χ2v) is 7.00. The zero-order valence-electron chi connectivity index (χ0n) is 15.7. The van der Waals surface area contributed by atoms with Gasteiger partial charge < -0.3 is 20.5 Å². The first-order valence-electron chi connectivity index (χ1n) is 8.72. The van der Waals surface area contributed by atoms with Crippen LogP contribution in [0.3, 0.4) is 0 Å². The molecule has 0 aromatic heterocycles. The summed E-state index contributed by atoms with van der Waals surface area (Å²) in [6.07, 6.45) is 0.326. The Balaban J connectivity index is 2.49. The molecule has 3 N–H and O–H groups in total. The molecule has 0 spiro atoms. The van der Waals surface area contributed by atoms with E-state index in [1.165, 1.54) is 0 Å². The highest BCUT2D eigenvalue weighted by atomic mass is 16.5. The van der Waals surface area contributed by atoms with Crippen LogP contribution < -0.4 is 15.4 Å². The van der Waals surface area contributed by atoms with Gasteiger partial charge in [-0.2, -0.15) is 0 Å². The van der Waals surface area contributed by atoms with Crippen LogP contribution in [0.25, 0.3) is 0 Å². The molecule has 0 aliphatic rings. The summed E-state index contributed by atoms with van der Waals surface area (Å²) in [5.74, 6) is -0.833. The zero-order chi connectivity index (χ0) is 19.7. The average molecular weight is 364 g/mol. The molecule has 0 saturated heterocycles. The molecule has 0 bridgehead atoms. The third kappa shape index (κ3) is 8.00. The predicted molar refractivity (Wildman–Crippen MR) is 98.1 cm³/mol. The molecule has 0 unspecified atom stereocenters. The van der Waals surface area contributed by atoms with Crippen molar-refractivity contribution in [2.45, 2.75) is 40.2 Å². The van der Waals surface area contributed by atoms with Crippen LogP contribution in [0.5, 0.6) is 5.75 Å². The van der Waals surface area contributed by atoms with Gasteiger partial charge in [-0.05, 0) is 42.5 Å². The van der Waals surface area contributed by atoms with Crippen LogP contribution in [0.1, 0.15) is 44.5 Å². The Bertz CT molecular complexity index is 611. The molecule has 0 aliphatic heterocycles. The van der Waals surface area contributed by atoms with Gasteiger partial charge in [-0.15, -0.1) is 0 Å². The van der Waals surface area contributed by atoms with Crippen molar-refractivity contribution < 1.29 is 24.2 Å². The second kappa shape index (κ2) is 10.4. The van der Waals surface area contributed by atoms with Crippen LogP contribution in [-0.4, -0.2) is 42.1 Å². The van der Waals surface area contributed by atoms with E-state index in [9.17, 15) is 14.4 Å². The Kier molecular flexibility index (Phi) is 8.61. The Morgan fingerprint density at radius 3 is 2.15 bits per heavy atom. The van der Waals surface area contributed by atoms with Crippen LogP contribution >= 0.6 is 0 Å². The monoisotopic (exact) mass is 364 g/mol. The van der Waals surface area contributed by atoms with E-state index >= 15 is 0 Å². The molecule has 26 heavy (non-hydrogen) atoms. The molecular weight excluding hydrogens is 336 g/mol. The van der Waals surface area contributed by atoms with Gasteiger partial charge in [0.15, 0.2) is 0 Å². The van der Waals surface area contributed by atoms with E-state index < -0.39 is 23.8 Å². The summed E-state index contributed by atoms with van der Waals surface area (Å²) in [5, 5.41) is 14.0. The molecule has 1 aromatic rings. The van der Waals surface area contributed by atoms with E-state index in [1.807, 2.05) is 27.7 Å². The number of aliphatic carboxylic acids is 1. The summed E-state index contributed by atoms with van der Waals surface area (Å²) in [6, 6.07) is 5.65. The van der Waals surface area contributed by atoms with E-state index in [-0.39, 0.29) is 12.5 Å². The van der Waals surface area contributed by atoms with Gasteiger partial charge in [0.2, 0.25) is 5.91 Å². The fourth-order valence-corrected chi connectivity index (χ4v) is 2.17. The molecule has 1 rings (SSSR count). The first-order valence-corrected chi connectivity index (χ1v) is 8.72. The first kappa shape index (κ1) is 21.5. The third-order valence-corrected chi connectivity index (χ3v) is 3.45. The van der Waals surface area contributed by atoms with Gasteiger partial charge in [-0.25, -0.2) is 4.79 Å². The number of benzene rings is 1. The number of nitrogens with one attached hydrogen (secondary N) is 2. The van der Waals surface area contributed by atoms with E-state index in [2.05, 4.69) is 10.6 Å². The number of carboxylic acid groups (broad SMARTS) is 1. The fraction of sp³-hybridized carbons (Fsp3) is 0.526. The van der Waals surface area contributed by atoms with Crippen LogP contribution in [0.4, 0.5) is 0 Å². The molecule has 7 nitrogen and oxygen atoms in total. The standard InChI is InChI=1S/C19H28N2O5/c1-12(2)9-16(19(24)25)21-17(22)10-20-18(23)14-5-7-15(8-6-14)26-11-13(3)4/h5-8,12-13,16H,9-11H2,1-4H3,(H,20,23)(H,21,22)(H,24,25)/t16-/m0/s1. The summed E-state index contributed by atoms with van der Waals surface area (Å²) in [7, 11) is 0. The summed E-state index contributed by atoms with van der Waals surface area (Å²) in [6.45, 7) is 8.14. The third-order valence-electron chi connectivity index (χ3n) is 3.45. The van der Waals surface area contributed by atoms with E-state index in [0.29, 0.717) is 30.3 Å². The van der Waals surface area contributed by atoms with Crippen LogP contribution in [0.2, 0.25) is 0 Å². The van der Waals surface area contributed by atoms with Crippen molar-refractivity contribution in [1.82, 2.24) is 10.6 Å². The Hall–Kier alpha value is -2.57. The van der Waals surface area contributed by atoms with Crippen LogP contribution in [0.15, 0.2) is 24.3 Å². The van der Waals surface area contributed by atoms with E-state index in [4.69, 9.17) is 9.84 Å². The Labute approximate surface area is 154 Å². The van der Waals surface area contributed by atoms with Crippen molar-refractivity contribution in [3.05, 3.63) is 29.8 Å².